The Morgan fingerprint density at radius 2 is 2.00 bits per heavy atom. The van der Waals surface area contributed by atoms with Gasteiger partial charge in [-0.1, -0.05) is 12.1 Å². The van der Waals surface area contributed by atoms with Gasteiger partial charge in [0.2, 0.25) is 15.9 Å². The molecule has 0 saturated heterocycles. The molecule has 7 heteroatoms. The average Bonchev–Trinajstić information content (AvgIpc) is 2.15. The summed E-state index contributed by atoms with van der Waals surface area (Å²) in [6.45, 7) is 1.73. The molecule has 0 aliphatic carbocycles. The van der Waals surface area contributed by atoms with Crippen LogP contribution < -0.4 is 16.2 Å². The molecule has 0 aliphatic heterocycles. The normalized spacial score (nSPS) is 13.1. The van der Waals surface area contributed by atoms with Crippen LogP contribution in [-0.4, -0.2) is 20.4 Å². The highest BCUT2D eigenvalue weighted by atomic mass is 32.2. The van der Waals surface area contributed by atoms with Crippen molar-refractivity contribution in [2.75, 3.05) is 5.32 Å². The van der Waals surface area contributed by atoms with Crippen molar-refractivity contribution in [2.45, 2.75) is 24.3 Å². The summed E-state index contributed by atoms with van der Waals surface area (Å²) >= 11 is 0. The van der Waals surface area contributed by atoms with Crippen LogP contribution in [-0.2, 0) is 14.8 Å². The lowest BCUT2D eigenvalue weighted by Crippen LogP contribution is -2.25. The number of hydrogen-bond acceptors (Lipinski definition) is 4. The molecular weight excluding hydrogens is 242 g/mol. The Hall–Kier alpha value is -1.60. The molecule has 1 amide bonds. The lowest BCUT2D eigenvalue weighted by Gasteiger charge is -2.15. The van der Waals surface area contributed by atoms with Crippen molar-refractivity contribution in [1.29, 1.82) is 0 Å². The van der Waals surface area contributed by atoms with Gasteiger partial charge in [0.25, 0.3) is 0 Å². The summed E-state index contributed by atoms with van der Waals surface area (Å²) in [6, 6.07) is 5.96. The van der Waals surface area contributed by atoms with Crippen molar-refractivity contribution in [1.82, 2.24) is 0 Å². The number of carbonyl (C=O) groups is 1. The van der Waals surface area contributed by atoms with Gasteiger partial charge >= 0.3 is 0 Å². The van der Waals surface area contributed by atoms with Gasteiger partial charge in [0, 0.05) is 12.5 Å². The van der Waals surface area contributed by atoms with E-state index < -0.39 is 15.9 Å². The van der Waals surface area contributed by atoms with Gasteiger partial charge in [0.15, 0.2) is 0 Å². The number of carbonyl (C=O) groups excluding carboxylic acids is 1. The van der Waals surface area contributed by atoms with E-state index in [-0.39, 0.29) is 17.4 Å². The third-order valence-electron chi connectivity index (χ3n) is 2.10. The van der Waals surface area contributed by atoms with E-state index in [2.05, 4.69) is 5.32 Å². The highest BCUT2D eigenvalue weighted by molar-refractivity contribution is 7.89. The molecule has 5 N–H and O–H groups in total. The summed E-state index contributed by atoms with van der Waals surface area (Å²) < 4.78 is 22.6. The Labute approximate surface area is 100 Å². The second kappa shape index (κ2) is 5.15. The minimum Gasteiger partial charge on any atom is -0.381 e. The minimum absolute atomic E-state index is 0.00341. The Morgan fingerprint density at radius 1 is 1.41 bits per heavy atom. The highest BCUT2D eigenvalue weighted by Gasteiger charge is 2.15. The number of rotatable bonds is 5. The van der Waals surface area contributed by atoms with Gasteiger partial charge in [-0.15, -0.1) is 0 Å². The van der Waals surface area contributed by atoms with Crippen molar-refractivity contribution in [3.63, 3.8) is 0 Å². The van der Waals surface area contributed by atoms with Gasteiger partial charge in [0.05, 0.1) is 5.69 Å². The molecule has 0 heterocycles. The van der Waals surface area contributed by atoms with Crippen LogP contribution in [0.4, 0.5) is 5.69 Å². The van der Waals surface area contributed by atoms with Crippen molar-refractivity contribution in [2.24, 2.45) is 10.9 Å². The number of primary amides is 1. The lowest BCUT2D eigenvalue weighted by molar-refractivity contribution is -0.118. The summed E-state index contributed by atoms with van der Waals surface area (Å²) in [5, 5.41) is 7.96. The van der Waals surface area contributed by atoms with E-state index in [4.69, 9.17) is 10.9 Å². The van der Waals surface area contributed by atoms with Gasteiger partial charge in [-0.25, -0.2) is 13.6 Å². The summed E-state index contributed by atoms with van der Waals surface area (Å²) in [4.78, 5) is 10.7. The monoisotopic (exact) mass is 257 g/mol. The first-order valence-electron chi connectivity index (χ1n) is 4.97. The second-order valence-corrected chi connectivity index (χ2v) is 5.29. The zero-order valence-corrected chi connectivity index (χ0v) is 10.2. The number of para-hydroxylation sites is 1. The highest BCUT2D eigenvalue weighted by Crippen LogP contribution is 2.20. The Balaban J connectivity index is 2.96. The van der Waals surface area contributed by atoms with Gasteiger partial charge in [-0.3, -0.25) is 4.79 Å². The SMILES string of the molecule is CC(CC(N)=O)Nc1ccccc1S(N)(=O)=O. The van der Waals surface area contributed by atoms with Gasteiger partial charge in [-0.2, -0.15) is 0 Å². The molecule has 1 unspecified atom stereocenters. The fourth-order valence-corrected chi connectivity index (χ4v) is 2.15. The predicted octanol–water partition coefficient (Wildman–Crippen LogP) is 0.00980. The summed E-state index contributed by atoms with van der Waals surface area (Å²) in [5.41, 5.74) is 5.41. The maximum absolute atomic E-state index is 11.3. The van der Waals surface area contributed by atoms with Crippen LogP contribution in [0.5, 0.6) is 0 Å². The fourth-order valence-electron chi connectivity index (χ4n) is 1.45. The third kappa shape index (κ3) is 4.04. The molecule has 0 saturated carbocycles. The van der Waals surface area contributed by atoms with Crippen molar-refractivity contribution >= 4 is 21.6 Å². The van der Waals surface area contributed by atoms with E-state index in [1.165, 1.54) is 6.07 Å². The predicted molar refractivity (Wildman–Crippen MR) is 64.7 cm³/mol. The minimum atomic E-state index is -3.79. The van der Waals surface area contributed by atoms with Crippen LogP contribution in [0.1, 0.15) is 13.3 Å². The zero-order valence-electron chi connectivity index (χ0n) is 9.38. The molecule has 1 rings (SSSR count). The average molecular weight is 257 g/mol. The molecule has 0 aliphatic rings. The van der Waals surface area contributed by atoms with Crippen molar-refractivity contribution in [3.05, 3.63) is 24.3 Å². The topological polar surface area (TPSA) is 115 Å². The molecule has 1 aromatic rings. The number of primary sulfonamides is 1. The van der Waals surface area contributed by atoms with Gasteiger partial charge < -0.3 is 11.1 Å². The Morgan fingerprint density at radius 3 is 2.53 bits per heavy atom. The maximum atomic E-state index is 11.3. The summed E-state index contributed by atoms with van der Waals surface area (Å²) in [7, 11) is -3.79. The number of sulfonamides is 1. The molecule has 1 aromatic carbocycles. The molecule has 0 radical (unpaired) electrons. The van der Waals surface area contributed by atoms with Crippen LogP contribution in [0, 0.1) is 0 Å². The first kappa shape index (κ1) is 13.5. The van der Waals surface area contributed by atoms with Crippen LogP contribution in [0.25, 0.3) is 0 Å². The Bertz CT molecular complexity index is 513. The molecule has 1 atom stereocenters. The molecule has 0 fully saturated rings. The van der Waals surface area contributed by atoms with Crippen LogP contribution >= 0.6 is 0 Å². The van der Waals surface area contributed by atoms with E-state index >= 15 is 0 Å². The second-order valence-electron chi connectivity index (χ2n) is 3.76. The smallest absolute Gasteiger partial charge is 0.240 e. The molecule has 0 aromatic heterocycles. The first-order valence-corrected chi connectivity index (χ1v) is 6.52. The van der Waals surface area contributed by atoms with E-state index in [1.807, 2.05) is 0 Å². The van der Waals surface area contributed by atoms with Gasteiger partial charge in [0.1, 0.15) is 4.90 Å². The van der Waals surface area contributed by atoms with Crippen LogP contribution in [0.3, 0.4) is 0 Å². The number of hydrogen-bond donors (Lipinski definition) is 3. The number of anilines is 1. The van der Waals surface area contributed by atoms with Crippen molar-refractivity contribution < 1.29 is 13.2 Å². The summed E-state index contributed by atoms with van der Waals surface area (Å²) in [6.07, 6.45) is 0.110. The quantitative estimate of drug-likeness (QED) is 0.689. The van der Waals surface area contributed by atoms with E-state index in [9.17, 15) is 13.2 Å². The van der Waals surface area contributed by atoms with Crippen LogP contribution in [0.15, 0.2) is 29.2 Å². The fraction of sp³-hybridized carbons (Fsp3) is 0.300. The summed E-state index contributed by atoms with van der Waals surface area (Å²) in [5.74, 6) is -0.460. The zero-order chi connectivity index (χ0) is 13.1. The van der Waals surface area contributed by atoms with Gasteiger partial charge in [-0.05, 0) is 19.1 Å². The number of nitrogens with two attached hydrogens (primary N) is 2. The number of amides is 1. The molecule has 0 bridgehead atoms. The molecule has 94 valence electrons. The standard InChI is InChI=1S/C10H15N3O3S/c1-7(6-10(11)14)13-8-4-2-3-5-9(8)17(12,15)16/h2-5,7,13H,6H2,1H3,(H2,11,14)(H2,12,15,16). The molecule has 6 nitrogen and oxygen atoms in total. The van der Waals surface area contributed by atoms with Crippen molar-refractivity contribution in [3.8, 4) is 0 Å². The maximum Gasteiger partial charge on any atom is 0.240 e. The Kier molecular flexibility index (Phi) is 4.08. The number of benzene rings is 1. The lowest BCUT2D eigenvalue weighted by atomic mass is 10.2. The first-order chi connectivity index (χ1) is 7.80. The molecule has 17 heavy (non-hydrogen) atoms. The van der Waals surface area contributed by atoms with E-state index in [1.54, 1.807) is 25.1 Å². The number of nitrogens with one attached hydrogen (secondary N) is 1. The van der Waals surface area contributed by atoms with E-state index in [0.717, 1.165) is 0 Å². The molecule has 0 spiro atoms. The van der Waals surface area contributed by atoms with E-state index in [0.29, 0.717) is 5.69 Å². The molecular formula is C10H15N3O3S. The largest absolute Gasteiger partial charge is 0.381 e. The third-order valence-corrected chi connectivity index (χ3v) is 3.07. The van der Waals surface area contributed by atoms with Crippen LogP contribution in [0.2, 0.25) is 0 Å².